The summed E-state index contributed by atoms with van der Waals surface area (Å²) in [7, 11) is -0.200. The van der Waals surface area contributed by atoms with Crippen molar-refractivity contribution in [2.45, 2.75) is 58.7 Å². The monoisotopic (exact) mass is 265 g/mol. The molecular formula is C15H28BNO2. The number of likely N-dealkylation sites (tertiary alicyclic amines) is 1. The van der Waals surface area contributed by atoms with E-state index in [0.29, 0.717) is 0 Å². The Kier molecular flexibility index (Phi) is 4.43. The summed E-state index contributed by atoms with van der Waals surface area (Å²) in [5.74, 6) is 2.96. The van der Waals surface area contributed by atoms with Crippen molar-refractivity contribution in [2.75, 3.05) is 19.6 Å². The fourth-order valence-electron chi connectivity index (χ4n) is 2.53. The van der Waals surface area contributed by atoms with Crippen LogP contribution in [0, 0.1) is 5.92 Å². The van der Waals surface area contributed by atoms with Gasteiger partial charge in [0.1, 0.15) is 0 Å². The average Bonchev–Trinajstić information content (AvgIpc) is 2.50. The molecular weight excluding hydrogens is 237 g/mol. The van der Waals surface area contributed by atoms with Crippen LogP contribution >= 0.6 is 0 Å². The maximum Gasteiger partial charge on any atom is 0.486 e. The first-order valence-corrected chi connectivity index (χ1v) is 7.55. The van der Waals surface area contributed by atoms with Gasteiger partial charge < -0.3 is 9.31 Å². The van der Waals surface area contributed by atoms with Crippen LogP contribution in [0.1, 0.15) is 47.5 Å². The first-order chi connectivity index (χ1) is 8.80. The highest BCUT2D eigenvalue weighted by molar-refractivity contribution is 6.51. The molecule has 4 heteroatoms. The van der Waals surface area contributed by atoms with Gasteiger partial charge in [0.2, 0.25) is 0 Å². The molecule has 0 amide bonds. The third kappa shape index (κ3) is 3.62. The molecule has 2 rings (SSSR count). The van der Waals surface area contributed by atoms with Crippen molar-refractivity contribution in [2.24, 2.45) is 5.92 Å². The third-order valence-electron chi connectivity index (χ3n) is 4.80. The lowest BCUT2D eigenvalue weighted by atomic mass is 9.90. The van der Waals surface area contributed by atoms with Crippen LogP contribution in [0.2, 0.25) is 0 Å². The van der Waals surface area contributed by atoms with E-state index < -0.39 is 0 Å². The van der Waals surface area contributed by atoms with Crippen LogP contribution in [0.15, 0.2) is 12.1 Å². The van der Waals surface area contributed by atoms with E-state index in [0.717, 1.165) is 12.5 Å². The molecule has 0 N–H and O–H groups in total. The van der Waals surface area contributed by atoms with Crippen molar-refractivity contribution in [3.05, 3.63) is 12.1 Å². The zero-order valence-electron chi connectivity index (χ0n) is 13.1. The van der Waals surface area contributed by atoms with E-state index in [9.17, 15) is 0 Å². The van der Waals surface area contributed by atoms with Gasteiger partial charge in [-0.3, -0.25) is 4.90 Å². The van der Waals surface area contributed by atoms with E-state index in [2.05, 4.69) is 51.6 Å². The van der Waals surface area contributed by atoms with Gasteiger partial charge in [-0.05, 0) is 59.5 Å². The second-order valence-electron chi connectivity index (χ2n) is 7.04. The number of hydrogen-bond acceptors (Lipinski definition) is 3. The third-order valence-corrected chi connectivity index (χ3v) is 4.80. The minimum Gasteiger partial charge on any atom is -0.400 e. The van der Waals surface area contributed by atoms with E-state index in [1.807, 2.05) is 0 Å². The molecule has 0 atom stereocenters. The first kappa shape index (κ1) is 15.1. The molecule has 0 aromatic heterocycles. The quantitative estimate of drug-likeness (QED) is 0.732. The van der Waals surface area contributed by atoms with E-state index in [-0.39, 0.29) is 18.3 Å². The van der Waals surface area contributed by atoms with Crippen molar-refractivity contribution in [1.29, 1.82) is 0 Å². The summed E-state index contributed by atoms with van der Waals surface area (Å²) in [6, 6.07) is 0. The number of rotatable bonds is 3. The van der Waals surface area contributed by atoms with Crippen LogP contribution in [0.4, 0.5) is 0 Å². The summed E-state index contributed by atoms with van der Waals surface area (Å²) in [4.78, 5) is 2.50. The van der Waals surface area contributed by atoms with Gasteiger partial charge in [-0.15, -0.1) is 0 Å². The highest BCUT2D eigenvalue weighted by Crippen LogP contribution is 2.36. The molecule has 0 spiro atoms. The summed E-state index contributed by atoms with van der Waals surface area (Å²) in [6.07, 6.45) is 4.84. The molecule has 0 saturated carbocycles. The average molecular weight is 265 g/mol. The predicted octanol–water partition coefficient (Wildman–Crippen LogP) is 2.91. The Balaban J connectivity index is 1.78. The maximum atomic E-state index is 5.94. The highest BCUT2D eigenvalue weighted by Gasteiger charge is 2.49. The van der Waals surface area contributed by atoms with Gasteiger partial charge in [0, 0.05) is 6.54 Å². The van der Waals surface area contributed by atoms with Gasteiger partial charge in [0.25, 0.3) is 0 Å². The lowest BCUT2D eigenvalue weighted by Crippen LogP contribution is -2.41. The normalized spacial score (nSPS) is 28.4. The van der Waals surface area contributed by atoms with Crippen LogP contribution in [-0.2, 0) is 9.31 Å². The summed E-state index contributed by atoms with van der Waals surface area (Å²) in [5.41, 5.74) is -0.467. The van der Waals surface area contributed by atoms with Gasteiger partial charge in [-0.2, -0.15) is 0 Å². The Morgan fingerprint density at radius 1 is 1.11 bits per heavy atom. The van der Waals surface area contributed by atoms with Crippen LogP contribution in [0.3, 0.4) is 0 Å². The summed E-state index contributed by atoms with van der Waals surface area (Å²) in [5, 5.41) is 0. The molecule has 2 heterocycles. The standard InChI is InChI=1S/C15H28BNO2/c1-13-7-11-17(12-8-13)10-6-9-16-18-14(2,3)15(4,5)19-16/h6,9,13H,7-8,10-12H2,1-5H3/b9-6+. The smallest absolute Gasteiger partial charge is 0.400 e. The fourth-order valence-corrected chi connectivity index (χ4v) is 2.53. The van der Waals surface area contributed by atoms with Crippen LogP contribution in [0.25, 0.3) is 0 Å². The van der Waals surface area contributed by atoms with E-state index in [1.54, 1.807) is 0 Å². The molecule has 0 aliphatic carbocycles. The topological polar surface area (TPSA) is 21.7 Å². The fraction of sp³-hybridized carbons (Fsp3) is 0.867. The lowest BCUT2D eigenvalue weighted by molar-refractivity contribution is 0.00578. The van der Waals surface area contributed by atoms with Crippen molar-refractivity contribution in [3.63, 3.8) is 0 Å². The molecule has 0 aromatic carbocycles. The van der Waals surface area contributed by atoms with Gasteiger partial charge in [-0.1, -0.05) is 19.0 Å². The second kappa shape index (κ2) is 5.59. The van der Waals surface area contributed by atoms with Crippen molar-refractivity contribution in [1.82, 2.24) is 4.90 Å². The van der Waals surface area contributed by atoms with E-state index in [4.69, 9.17) is 9.31 Å². The molecule has 2 fully saturated rings. The van der Waals surface area contributed by atoms with Crippen molar-refractivity contribution >= 4 is 7.12 Å². The molecule has 3 nitrogen and oxygen atoms in total. The van der Waals surface area contributed by atoms with Crippen LogP contribution in [-0.4, -0.2) is 42.9 Å². The van der Waals surface area contributed by atoms with Crippen molar-refractivity contribution < 1.29 is 9.31 Å². The Morgan fingerprint density at radius 3 is 2.16 bits per heavy atom. The Morgan fingerprint density at radius 2 is 1.63 bits per heavy atom. The summed E-state index contributed by atoms with van der Waals surface area (Å²) < 4.78 is 11.9. The highest BCUT2D eigenvalue weighted by atomic mass is 16.7. The van der Waals surface area contributed by atoms with Gasteiger partial charge in [0.15, 0.2) is 0 Å². The van der Waals surface area contributed by atoms with Gasteiger partial charge in [-0.25, -0.2) is 0 Å². The zero-order valence-corrected chi connectivity index (χ0v) is 13.1. The second-order valence-corrected chi connectivity index (χ2v) is 7.04. The van der Waals surface area contributed by atoms with E-state index in [1.165, 1.54) is 25.9 Å². The Bertz CT molecular complexity index is 317. The lowest BCUT2D eigenvalue weighted by Gasteiger charge is -2.32. The predicted molar refractivity (Wildman–Crippen MR) is 80.1 cm³/mol. The first-order valence-electron chi connectivity index (χ1n) is 7.55. The number of piperidine rings is 1. The minimum atomic E-state index is -0.234. The number of hydrogen-bond donors (Lipinski definition) is 0. The maximum absolute atomic E-state index is 5.94. The molecule has 2 aliphatic heterocycles. The summed E-state index contributed by atoms with van der Waals surface area (Å²) >= 11 is 0. The molecule has 2 aliphatic rings. The van der Waals surface area contributed by atoms with Crippen LogP contribution < -0.4 is 0 Å². The van der Waals surface area contributed by atoms with Crippen molar-refractivity contribution in [3.8, 4) is 0 Å². The molecule has 2 saturated heterocycles. The molecule has 19 heavy (non-hydrogen) atoms. The number of nitrogens with zero attached hydrogens (tertiary/aromatic N) is 1. The molecule has 0 unspecified atom stereocenters. The molecule has 0 radical (unpaired) electrons. The van der Waals surface area contributed by atoms with Crippen LogP contribution in [0.5, 0.6) is 0 Å². The molecule has 108 valence electrons. The molecule has 0 aromatic rings. The largest absolute Gasteiger partial charge is 0.486 e. The zero-order chi connectivity index (χ0) is 14.1. The SMILES string of the molecule is CC1CCN(C/C=C/B2OC(C)(C)C(C)(C)O2)CC1. The summed E-state index contributed by atoms with van der Waals surface area (Å²) in [6.45, 7) is 14.2. The molecule has 0 bridgehead atoms. The van der Waals surface area contributed by atoms with Gasteiger partial charge >= 0.3 is 7.12 Å². The Labute approximate surface area is 118 Å². The Hall–Kier alpha value is -0.315. The van der Waals surface area contributed by atoms with Gasteiger partial charge in [0.05, 0.1) is 11.2 Å². The minimum absolute atomic E-state index is 0.200. The van der Waals surface area contributed by atoms with E-state index >= 15 is 0 Å².